The number of nitrogens with one attached hydrogen (secondary N) is 1. The maximum atomic E-state index is 13.1. The lowest BCUT2D eigenvalue weighted by molar-refractivity contribution is -0.133. The second-order valence-corrected chi connectivity index (χ2v) is 5.83. The standard InChI is InChI=1S/C15H15F2N5O/c1-18-14-19-12-4-2-3-11(22(12)20-14)9-5-6-21(8-9)13(23)10-7-15(10,16)17/h2-5,10H,6-8H2,1H3,(H,18,20). The van der Waals surface area contributed by atoms with E-state index in [0.717, 1.165) is 11.3 Å². The lowest BCUT2D eigenvalue weighted by Gasteiger charge is -2.16. The van der Waals surface area contributed by atoms with Crippen LogP contribution >= 0.6 is 0 Å². The molecule has 1 atom stereocenters. The molecule has 0 aromatic carbocycles. The van der Waals surface area contributed by atoms with E-state index in [4.69, 9.17) is 0 Å². The van der Waals surface area contributed by atoms with E-state index in [1.165, 1.54) is 4.90 Å². The fourth-order valence-corrected chi connectivity index (χ4v) is 2.86. The molecule has 2 aromatic heterocycles. The molecule has 2 aromatic rings. The third kappa shape index (κ3) is 2.25. The molecule has 1 saturated carbocycles. The van der Waals surface area contributed by atoms with Gasteiger partial charge in [0.05, 0.1) is 5.69 Å². The van der Waals surface area contributed by atoms with Crippen LogP contribution < -0.4 is 5.32 Å². The van der Waals surface area contributed by atoms with E-state index in [2.05, 4.69) is 15.4 Å². The predicted molar refractivity (Wildman–Crippen MR) is 80.1 cm³/mol. The van der Waals surface area contributed by atoms with Crippen molar-refractivity contribution in [1.29, 1.82) is 0 Å². The molecular weight excluding hydrogens is 304 g/mol. The SMILES string of the molecule is CNc1nc2cccc(C3=CCN(C(=O)C4CC4(F)F)C3)n2n1. The summed E-state index contributed by atoms with van der Waals surface area (Å²) in [4.78, 5) is 17.9. The van der Waals surface area contributed by atoms with Gasteiger partial charge in [-0.25, -0.2) is 13.3 Å². The van der Waals surface area contributed by atoms with Crippen molar-refractivity contribution in [1.82, 2.24) is 19.5 Å². The van der Waals surface area contributed by atoms with Crippen LogP contribution in [0.3, 0.4) is 0 Å². The quantitative estimate of drug-likeness (QED) is 0.934. The topological polar surface area (TPSA) is 62.5 Å². The van der Waals surface area contributed by atoms with Gasteiger partial charge in [0.1, 0.15) is 5.92 Å². The molecule has 1 amide bonds. The van der Waals surface area contributed by atoms with Gasteiger partial charge in [-0.1, -0.05) is 12.1 Å². The Kier molecular flexibility index (Phi) is 2.91. The van der Waals surface area contributed by atoms with E-state index in [9.17, 15) is 13.6 Å². The molecule has 6 nitrogen and oxygen atoms in total. The summed E-state index contributed by atoms with van der Waals surface area (Å²) in [5.41, 5.74) is 2.39. The normalized spacial score (nSPS) is 22.3. The number of hydrogen-bond donors (Lipinski definition) is 1. The van der Waals surface area contributed by atoms with Crippen LogP contribution in [0.1, 0.15) is 12.1 Å². The smallest absolute Gasteiger partial charge is 0.260 e. The zero-order valence-corrected chi connectivity index (χ0v) is 12.5. The predicted octanol–water partition coefficient (Wildman–Crippen LogP) is 1.65. The first-order valence-electron chi connectivity index (χ1n) is 7.39. The van der Waals surface area contributed by atoms with Crippen LogP contribution in [0.25, 0.3) is 11.2 Å². The maximum Gasteiger partial charge on any atom is 0.260 e. The number of amides is 1. The van der Waals surface area contributed by atoms with Crippen LogP contribution in [0.5, 0.6) is 0 Å². The zero-order chi connectivity index (χ0) is 16.2. The molecule has 3 heterocycles. The van der Waals surface area contributed by atoms with Gasteiger partial charge in [0.2, 0.25) is 11.9 Å². The Balaban J connectivity index is 1.58. The summed E-state index contributed by atoms with van der Waals surface area (Å²) in [6.45, 7) is 0.671. The molecule has 0 saturated heterocycles. The number of nitrogens with zero attached hydrogens (tertiary/aromatic N) is 4. The second kappa shape index (κ2) is 4.74. The molecule has 1 N–H and O–H groups in total. The van der Waals surface area contributed by atoms with Crippen LogP contribution in [-0.4, -0.2) is 51.5 Å². The summed E-state index contributed by atoms with van der Waals surface area (Å²) in [7, 11) is 1.74. The van der Waals surface area contributed by atoms with Gasteiger partial charge in [-0.2, -0.15) is 4.98 Å². The van der Waals surface area contributed by atoms with Crippen molar-refractivity contribution < 1.29 is 13.6 Å². The lowest BCUT2D eigenvalue weighted by Crippen LogP contribution is -2.31. The highest BCUT2D eigenvalue weighted by atomic mass is 19.3. The van der Waals surface area contributed by atoms with Gasteiger partial charge < -0.3 is 10.2 Å². The van der Waals surface area contributed by atoms with Crippen molar-refractivity contribution in [2.75, 3.05) is 25.5 Å². The van der Waals surface area contributed by atoms with Gasteiger partial charge in [0.25, 0.3) is 5.92 Å². The first-order chi connectivity index (χ1) is 11.0. The van der Waals surface area contributed by atoms with Gasteiger partial charge in [-0.3, -0.25) is 4.79 Å². The minimum atomic E-state index is -2.83. The van der Waals surface area contributed by atoms with Crippen molar-refractivity contribution in [3.63, 3.8) is 0 Å². The second-order valence-electron chi connectivity index (χ2n) is 5.83. The molecule has 1 unspecified atom stereocenters. The summed E-state index contributed by atoms with van der Waals surface area (Å²) < 4.78 is 27.8. The van der Waals surface area contributed by atoms with Crippen LogP contribution in [0.4, 0.5) is 14.7 Å². The molecule has 23 heavy (non-hydrogen) atoms. The van der Waals surface area contributed by atoms with Crippen LogP contribution in [0.2, 0.25) is 0 Å². The Morgan fingerprint density at radius 3 is 2.91 bits per heavy atom. The number of pyridine rings is 1. The van der Waals surface area contributed by atoms with Gasteiger partial charge in [0.15, 0.2) is 5.65 Å². The van der Waals surface area contributed by atoms with E-state index in [1.807, 2.05) is 24.3 Å². The summed E-state index contributed by atoms with van der Waals surface area (Å²) in [5, 5.41) is 7.23. The molecule has 1 aliphatic heterocycles. The van der Waals surface area contributed by atoms with Crippen molar-refractivity contribution >= 4 is 23.1 Å². The van der Waals surface area contributed by atoms with E-state index < -0.39 is 17.7 Å². The van der Waals surface area contributed by atoms with E-state index in [1.54, 1.807) is 11.6 Å². The molecule has 1 aliphatic carbocycles. The molecule has 0 radical (unpaired) electrons. The van der Waals surface area contributed by atoms with E-state index in [-0.39, 0.29) is 6.42 Å². The Labute approximate surface area is 130 Å². The summed E-state index contributed by atoms with van der Waals surface area (Å²) >= 11 is 0. The van der Waals surface area contributed by atoms with Gasteiger partial charge >= 0.3 is 0 Å². The number of halogens is 2. The highest BCUT2D eigenvalue weighted by Crippen LogP contribution is 2.49. The number of anilines is 1. The summed E-state index contributed by atoms with van der Waals surface area (Å²) in [6.07, 6.45) is 1.55. The van der Waals surface area contributed by atoms with Crippen LogP contribution in [0, 0.1) is 5.92 Å². The molecule has 1 fully saturated rings. The van der Waals surface area contributed by atoms with E-state index >= 15 is 0 Å². The average Bonchev–Trinajstić information content (AvgIpc) is 2.96. The van der Waals surface area contributed by atoms with Gasteiger partial charge in [-0.05, 0) is 17.7 Å². The Bertz CT molecular complexity index is 828. The van der Waals surface area contributed by atoms with Gasteiger partial charge in [0, 0.05) is 26.6 Å². The van der Waals surface area contributed by atoms with Crippen LogP contribution in [0.15, 0.2) is 24.3 Å². The van der Waals surface area contributed by atoms with Crippen molar-refractivity contribution in [2.24, 2.45) is 5.92 Å². The number of hydrogen-bond acceptors (Lipinski definition) is 4. The monoisotopic (exact) mass is 319 g/mol. The minimum Gasteiger partial charge on any atom is -0.356 e. The molecule has 0 bridgehead atoms. The average molecular weight is 319 g/mol. The summed E-state index contributed by atoms with van der Waals surface area (Å²) in [5.74, 6) is -3.94. The van der Waals surface area contributed by atoms with Crippen molar-refractivity contribution in [2.45, 2.75) is 12.3 Å². The highest BCUT2D eigenvalue weighted by molar-refractivity contribution is 5.86. The van der Waals surface area contributed by atoms with Crippen molar-refractivity contribution in [3.05, 3.63) is 30.0 Å². The third-order valence-corrected chi connectivity index (χ3v) is 4.27. The maximum absolute atomic E-state index is 13.1. The van der Waals surface area contributed by atoms with Gasteiger partial charge in [-0.15, -0.1) is 5.10 Å². The first-order valence-corrected chi connectivity index (χ1v) is 7.39. The minimum absolute atomic E-state index is 0.319. The Morgan fingerprint density at radius 2 is 2.22 bits per heavy atom. The number of rotatable bonds is 3. The largest absolute Gasteiger partial charge is 0.356 e. The molecule has 4 rings (SSSR count). The van der Waals surface area contributed by atoms with E-state index in [0.29, 0.717) is 24.7 Å². The zero-order valence-electron chi connectivity index (χ0n) is 12.5. The molecule has 120 valence electrons. The molecular formula is C15H15F2N5O. The number of carbonyl (C=O) groups is 1. The Morgan fingerprint density at radius 1 is 1.43 bits per heavy atom. The first kappa shape index (κ1) is 14.1. The molecule has 2 aliphatic rings. The third-order valence-electron chi connectivity index (χ3n) is 4.27. The van der Waals surface area contributed by atoms with Crippen molar-refractivity contribution in [3.8, 4) is 0 Å². The number of fused-ring (bicyclic) bond motifs is 1. The number of alkyl halides is 2. The lowest BCUT2D eigenvalue weighted by atomic mass is 10.2. The number of aromatic nitrogens is 3. The fraction of sp³-hybridized carbons (Fsp3) is 0.400. The van der Waals surface area contributed by atoms with Crippen LogP contribution in [-0.2, 0) is 4.79 Å². The molecule has 0 spiro atoms. The fourth-order valence-electron chi connectivity index (χ4n) is 2.86. The Hall–Kier alpha value is -2.51. The molecule has 8 heteroatoms. The number of carbonyl (C=O) groups excluding carboxylic acids is 1. The summed E-state index contributed by atoms with van der Waals surface area (Å²) in [6, 6.07) is 5.58. The highest BCUT2D eigenvalue weighted by Gasteiger charge is 2.62.